The Hall–Kier alpha value is -0.380. The molecular formula is C16H27NOS. The molecule has 1 unspecified atom stereocenters. The van der Waals surface area contributed by atoms with Crippen molar-refractivity contribution in [3.63, 3.8) is 0 Å². The zero-order valence-electron chi connectivity index (χ0n) is 12.5. The van der Waals surface area contributed by atoms with E-state index in [0.717, 1.165) is 13.2 Å². The SMILES string of the molecule is CCNC(c1sccc1C)C1(OCC)CCCCC1. The third kappa shape index (κ3) is 3.21. The van der Waals surface area contributed by atoms with Crippen LogP contribution in [0.5, 0.6) is 0 Å². The molecule has 1 aliphatic rings. The predicted molar refractivity (Wildman–Crippen MR) is 82.9 cm³/mol. The van der Waals surface area contributed by atoms with Gasteiger partial charge in [-0.2, -0.15) is 0 Å². The van der Waals surface area contributed by atoms with Crippen LogP contribution in [0.15, 0.2) is 11.4 Å². The normalized spacial score (nSPS) is 20.4. The van der Waals surface area contributed by atoms with E-state index in [2.05, 4.69) is 37.5 Å². The van der Waals surface area contributed by atoms with E-state index in [4.69, 9.17) is 4.74 Å². The van der Waals surface area contributed by atoms with Gasteiger partial charge in [-0.05, 0) is 50.2 Å². The number of ether oxygens (including phenoxy) is 1. The average molecular weight is 281 g/mol. The van der Waals surface area contributed by atoms with Crippen molar-refractivity contribution >= 4 is 11.3 Å². The topological polar surface area (TPSA) is 21.3 Å². The first kappa shape index (κ1) is 15.0. The molecule has 19 heavy (non-hydrogen) atoms. The number of rotatable bonds is 6. The van der Waals surface area contributed by atoms with E-state index in [-0.39, 0.29) is 5.60 Å². The van der Waals surface area contributed by atoms with Gasteiger partial charge < -0.3 is 10.1 Å². The molecule has 0 aromatic carbocycles. The van der Waals surface area contributed by atoms with Crippen molar-refractivity contribution in [2.45, 2.75) is 64.5 Å². The minimum absolute atomic E-state index is 0.0125. The lowest BCUT2D eigenvalue weighted by Gasteiger charge is -2.43. The Morgan fingerprint density at radius 1 is 1.32 bits per heavy atom. The molecule has 0 amide bonds. The molecule has 1 aromatic rings. The summed E-state index contributed by atoms with van der Waals surface area (Å²) in [5.41, 5.74) is 1.42. The molecule has 1 saturated carbocycles. The summed E-state index contributed by atoms with van der Waals surface area (Å²) in [5.74, 6) is 0. The van der Waals surface area contributed by atoms with Crippen LogP contribution < -0.4 is 5.32 Å². The first-order valence-corrected chi connectivity index (χ1v) is 8.53. The van der Waals surface area contributed by atoms with Gasteiger partial charge in [-0.1, -0.05) is 26.2 Å². The van der Waals surface area contributed by atoms with Crippen LogP contribution in [0.3, 0.4) is 0 Å². The van der Waals surface area contributed by atoms with E-state index in [1.165, 1.54) is 42.5 Å². The van der Waals surface area contributed by atoms with Crippen molar-refractivity contribution in [1.29, 1.82) is 0 Å². The van der Waals surface area contributed by atoms with Crippen LogP contribution in [0.25, 0.3) is 0 Å². The fourth-order valence-corrected chi connectivity index (χ4v) is 4.46. The molecule has 0 saturated heterocycles. The number of hydrogen-bond acceptors (Lipinski definition) is 3. The minimum Gasteiger partial charge on any atom is -0.373 e. The van der Waals surface area contributed by atoms with Gasteiger partial charge in [-0.25, -0.2) is 0 Å². The molecule has 1 aromatic heterocycles. The maximum absolute atomic E-state index is 6.31. The first-order valence-electron chi connectivity index (χ1n) is 7.65. The van der Waals surface area contributed by atoms with Crippen molar-refractivity contribution < 1.29 is 4.74 Å². The summed E-state index contributed by atoms with van der Waals surface area (Å²) in [4.78, 5) is 1.47. The fourth-order valence-electron chi connectivity index (χ4n) is 3.36. The van der Waals surface area contributed by atoms with E-state index >= 15 is 0 Å². The number of aryl methyl sites for hydroxylation is 1. The number of likely N-dealkylation sites (N-methyl/N-ethyl adjacent to an activating group) is 1. The van der Waals surface area contributed by atoms with E-state index in [9.17, 15) is 0 Å². The Bertz CT molecular complexity index is 376. The average Bonchev–Trinajstić information content (AvgIpc) is 2.83. The molecule has 1 N–H and O–H groups in total. The van der Waals surface area contributed by atoms with Crippen molar-refractivity contribution in [2.75, 3.05) is 13.2 Å². The van der Waals surface area contributed by atoms with E-state index in [1.54, 1.807) is 0 Å². The second kappa shape index (κ2) is 6.87. The lowest BCUT2D eigenvalue weighted by Crippen LogP contribution is -2.47. The zero-order chi connectivity index (χ0) is 13.7. The predicted octanol–water partition coefficient (Wildman–Crippen LogP) is 4.45. The zero-order valence-corrected chi connectivity index (χ0v) is 13.3. The summed E-state index contributed by atoms with van der Waals surface area (Å²) in [6.45, 7) is 8.35. The second-order valence-corrected chi connectivity index (χ2v) is 6.46. The van der Waals surface area contributed by atoms with E-state index in [0.29, 0.717) is 6.04 Å². The summed E-state index contributed by atoms with van der Waals surface area (Å²) < 4.78 is 6.31. The maximum Gasteiger partial charge on any atom is 0.0884 e. The molecule has 0 spiro atoms. The molecule has 1 fully saturated rings. The third-order valence-electron chi connectivity index (χ3n) is 4.23. The molecule has 0 bridgehead atoms. The maximum atomic E-state index is 6.31. The van der Waals surface area contributed by atoms with Crippen LogP contribution in [0.4, 0.5) is 0 Å². The number of hydrogen-bond donors (Lipinski definition) is 1. The summed E-state index contributed by atoms with van der Waals surface area (Å²) in [7, 11) is 0. The summed E-state index contributed by atoms with van der Waals surface area (Å²) in [5, 5.41) is 5.91. The Balaban J connectivity index is 2.31. The van der Waals surface area contributed by atoms with Crippen LogP contribution in [0.2, 0.25) is 0 Å². The van der Waals surface area contributed by atoms with Crippen molar-refractivity contribution in [1.82, 2.24) is 5.32 Å². The van der Waals surface area contributed by atoms with Gasteiger partial charge in [0.25, 0.3) is 0 Å². The van der Waals surface area contributed by atoms with E-state index < -0.39 is 0 Å². The van der Waals surface area contributed by atoms with Crippen LogP contribution in [0.1, 0.15) is 62.4 Å². The van der Waals surface area contributed by atoms with Crippen molar-refractivity contribution in [3.05, 3.63) is 21.9 Å². The highest BCUT2D eigenvalue weighted by molar-refractivity contribution is 7.10. The van der Waals surface area contributed by atoms with Crippen molar-refractivity contribution in [2.24, 2.45) is 0 Å². The Labute approximate surface area is 121 Å². The van der Waals surface area contributed by atoms with E-state index in [1.807, 2.05) is 11.3 Å². The van der Waals surface area contributed by atoms with Crippen LogP contribution in [0, 0.1) is 6.92 Å². The Kier molecular flexibility index (Phi) is 5.43. The molecule has 108 valence electrons. The molecule has 0 radical (unpaired) electrons. The highest BCUT2D eigenvalue weighted by atomic mass is 32.1. The highest BCUT2D eigenvalue weighted by Crippen LogP contribution is 2.43. The quantitative estimate of drug-likeness (QED) is 0.832. The van der Waals surface area contributed by atoms with Gasteiger partial charge in [0.15, 0.2) is 0 Å². The molecule has 1 aliphatic carbocycles. The monoisotopic (exact) mass is 281 g/mol. The Morgan fingerprint density at radius 2 is 2.05 bits per heavy atom. The lowest BCUT2D eigenvalue weighted by atomic mass is 9.78. The summed E-state index contributed by atoms with van der Waals surface area (Å²) in [6.07, 6.45) is 6.33. The van der Waals surface area contributed by atoms with Gasteiger partial charge in [0.2, 0.25) is 0 Å². The molecule has 1 atom stereocenters. The molecule has 1 heterocycles. The highest BCUT2D eigenvalue weighted by Gasteiger charge is 2.42. The smallest absolute Gasteiger partial charge is 0.0884 e. The minimum atomic E-state index is 0.0125. The van der Waals surface area contributed by atoms with Gasteiger partial charge in [0.05, 0.1) is 11.6 Å². The van der Waals surface area contributed by atoms with Gasteiger partial charge in [0.1, 0.15) is 0 Å². The lowest BCUT2D eigenvalue weighted by molar-refractivity contribution is -0.0903. The van der Waals surface area contributed by atoms with Crippen LogP contribution in [-0.2, 0) is 4.74 Å². The second-order valence-electron chi connectivity index (χ2n) is 5.52. The largest absolute Gasteiger partial charge is 0.373 e. The summed E-state index contributed by atoms with van der Waals surface area (Å²) >= 11 is 1.87. The van der Waals surface area contributed by atoms with Gasteiger partial charge >= 0.3 is 0 Å². The van der Waals surface area contributed by atoms with Gasteiger partial charge in [0, 0.05) is 11.5 Å². The molecule has 0 aliphatic heterocycles. The fraction of sp³-hybridized carbons (Fsp3) is 0.750. The molecule has 2 nitrogen and oxygen atoms in total. The number of nitrogens with one attached hydrogen (secondary N) is 1. The molecule has 2 rings (SSSR count). The Morgan fingerprint density at radius 3 is 2.58 bits per heavy atom. The number of thiophene rings is 1. The van der Waals surface area contributed by atoms with Crippen LogP contribution in [-0.4, -0.2) is 18.8 Å². The molecule has 3 heteroatoms. The molecular weight excluding hydrogens is 254 g/mol. The van der Waals surface area contributed by atoms with Gasteiger partial charge in [-0.15, -0.1) is 11.3 Å². The van der Waals surface area contributed by atoms with Crippen LogP contribution >= 0.6 is 11.3 Å². The third-order valence-corrected chi connectivity index (χ3v) is 5.31. The first-order chi connectivity index (χ1) is 9.23. The van der Waals surface area contributed by atoms with Crippen molar-refractivity contribution in [3.8, 4) is 0 Å². The van der Waals surface area contributed by atoms with Gasteiger partial charge in [-0.3, -0.25) is 0 Å². The summed E-state index contributed by atoms with van der Waals surface area (Å²) in [6, 6.07) is 2.59. The standard InChI is InChI=1S/C16H27NOS/c1-4-17-15(14-13(3)9-12-19-14)16(18-5-2)10-7-6-8-11-16/h9,12,15,17H,4-8,10-11H2,1-3H3.